The highest BCUT2D eigenvalue weighted by atomic mass is 16.6. The molecule has 0 heterocycles. The zero-order chi connectivity index (χ0) is 14.4. The maximum absolute atomic E-state index is 11.4. The van der Waals surface area contributed by atoms with Gasteiger partial charge in [0.15, 0.2) is 0 Å². The normalized spacial score (nSPS) is 9.53. The van der Waals surface area contributed by atoms with E-state index in [0.717, 1.165) is 6.07 Å². The molecule has 7 nitrogen and oxygen atoms in total. The van der Waals surface area contributed by atoms with Gasteiger partial charge in [0, 0.05) is 17.7 Å². The number of benzene rings is 1. The zero-order valence-electron chi connectivity index (χ0n) is 10.5. The Morgan fingerprint density at radius 3 is 2.68 bits per heavy atom. The van der Waals surface area contributed by atoms with E-state index >= 15 is 0 Å². The smallest absolute Gasteiger partial charge is 0.310 e. The van der Waals surface area contributed by atoms with Gasteiger partial charge in [0.1, 0.15) is 17.4 Å². The van der Waals surface area contributed by atoms with Crippen LogP contribution in [0.1, 0.15) is 18.1 Å². The number of carbonyl (C=O) groups is 1. The Labute approximate surface area is 109 Å². The minimum absolute atomic E-state index is 0.116. The first-order valence-electron chi connectivity index (χ1n) is 5.44. The van der Waals surface area contributed by atoms with Gasteiger partial charge in [-0.25, -0.2) is 0 Å². The van der Waals surface area contributed by atoms with Crippen molar-refractivity contribution in [3.05, 3.63) is 33.4 Å². The minimum atomic E-state index is -0.674. The molecule has 0 atom stereocenters. The lowest BCUT2D eigenvalue weighted by Gasteiger charge is -2.08. The van der Waals surface area contributed by atoms with Crippen molar-refractivity contribution >= 4 is 11.7 Å². The van der Waals surface area contributed by atoms with Crippen LogP contribution >= 0.6 is 0 Å². The third-order valence-electron chi connectivity index (χ3n) is 2.36. The van der Waals surface area contributed by atoms with Crippen molar-refractivity contribution < 1.29 is 19.2 Å². The largest absolute Gasteiger partial charge is 0.496 e. The predicted octanol–water partition coefficient (Wildman–Crippen LogP) is 1.58. The van der Waals surface area contributed by atoms with E-state index in [-0.39, 0.29) is 30.0 Å². The highest BCUT2D eigenvalue weighted by Crippen LogP contribution is 2.28. The Hall–Kier alpha value is -2.62. The molecule has 1 rings (SSSR count). The molecule has 0 aliphatic rings. The first kappa shape index (κ1) is 14.4. The molecule has 0 aliphatic carbocycles. The summed E-state index contributed by atoms with van der Waals surface area (Å²) in [4.78, 5) is 21.6. The van der Waals surface area contributed by atoms with E-state index in [1.165, 1.54) is 13.2 Å². The van der Waals surface area contributed by atoms with E-state index in [1.54, 1.807) is 13.0 Å². The molecule has 0 spiro atoms. The molecule has 7 heteroatoms. The minimum Gasteiger partial charge on any atom is -0.496 e. The van der Waals surface area contributed by atoms with E-state index in [1.807, 2.05) is 0 Å². The molecule has 100 valence electrons. The van der Waals surface area contributed by atoms with E-state index in [2.05, 4.69) is 0 Å². The quantitative estimate of drug-likeness (QED) is 0.454. The van der Waals surface area contributed by atoms with Crippen molar-refractivity contribution in [3.8, 4) is 11.8 Å². The van der Waals surface area contributed by atoms with Crippen molar-refractivity contribution in [1.29, 1.82) is 5.26 Å². The second-order valence-corrected chi connectivity index (χ2v) is 3.53. The van der Waals surface area contributed by atoms with Gasteiger partial charge in [-0.1, -0.05) is 0 Å². The summed E-state index contributed by atoms with van der Waals surface area (Å²) in [5.41, 5.74) is -0.163. The number of nitriles is 1. The molecule has 0 saturated heterocycles. The number of ether oxygens (including phenoxy) is 2. The summed E-state index contributed by atoms with van der Waals surface area (Å²) in [5.74, 6) is -0.269. The number of hydrogen-bond acceptors (Lipinski definition) is 6. The van der Waals surface area contributed by atoms with Gasteiger partial charge in [-0.15, -0.1) is 0 Å². The Morgan fingerprint density at radius 2 is 2.21 bits per heavy atom. The lowest BCUT2D eigenvalue weighted by molar-refractivity contribution is -0.385. The number of carbonyl (C=O) groups excluding carboxylic acids is 1. The van der Waals surface area contributed by atoms with Crippen LogP contribution in [0.3, 0.4) is 0 Å². The van der Waals surface area contributed by atoms with Crippen LogP contribution in [0, 0.1) is 21.4 Å². The Kier molecular flexibility index (Phi) is 4.83. The summed E-state index contributed by atoms with van der Waals surface area (Å²) < 4.78 is 9.79. The van der Waals surface area contributed by atoms with Gasteiger partial charge in [-0.2, -0.15) is 5.26 Å². The SMILES string of the molecule is CCOC(=O)Cc1cc([N+](=O)[O-])c(C#N)cc1OC. The topological polar surface area (TPSA) is 102 Å². The second kappa shape index (κ2) is 6.35. The Balaban J connectivity index is 3.23. The summed E-state index contributed by atoms with van der Waals surface area (Å²) in [6.45, 7) is 1.88. The number of hydrogen-bond donors (Lipinski definition) is 0. The van der Waals surface area contributed by atoms with E-state index < -0.39 is 10.9 Å². The molecule has 1 aromatic carbocycles. The second-order valence-electron chi connectivity index (χ2n) is 3.53. The van der Waals surface area contributed by atoms with E-state index in [0.29, 0.717) is 5.56 Å². The number of nitrogens with zero attached hydrogens (tertiary/aromatic N) is 2. The zero-order valence-corrected chi connectivity index (χ0v) is 10.5. The van der Waals surface area contributed by atoms with Crippen LogP contribution in [0.15, 0.2) is 12.1 Å². The van der Waals surface area contributed by atoms with Crippen LogP contribution in [-0.4, -0.2) is 24.6 Å². The number of esters is 1. The van der Waals surface area contributed by atoms with Crippen molar-refractivity contribution in [2.45, 2.75) is 13.3 Å². The molecule has 0 saturated carbocycles. The molecule has 0 N–H and O–H groups in total. The van der Waals surface area contributed by atoms with Gasteiger partial charge in [-0.3, -0.25) is 14.9 Å². The summed E-state index contributed by atoms with van der Waals surface area (Å²) in [5, 5.41) is 19.7. The molecular weight excluding hydrogens is 252 g/mol. The van der Waals surface area contributed by atoms with Gasteiger partial charge < -0.3 is 9.47 Å². The molecule has 0 bridgehead atoms. The average molecular weight is 264 g/mol. The number of methoxy groups -OCH3 is 1. The van der Waals surface area contributed by atoms with E-state index in [4.69, 9.17) is 14.7 Å². The molecule has 0 unspecified atom stereocenters. The molecule has 0 radical (unpaired) electrons. The molecule has 0 fully saturated rings. The van der Waals surface area contributed by atoms with Crippen molar-refractivity contribution in [2.75, 3.05) is 13.7 Å². The summed E-state index contributed by atoms with van der Waals surface area (Å²) in [6, 6.07) is 4.12. The van der Waals surface area contributed by atoms with Crippen LogP contribution in [0.25, 0.3) is 0 Å². The predicted molar refractivity (Wildman–Crippen MR) is 64.7 cm³/mol. The van der Waals surface area contributed by atoms with Crippen LogP contribution < -0.4 is 4.74 Å². The summed E-state index contributed by atoms with van der Waals surface area (Å²) >= 11 is 0. The number of rotatable bonds is 5. The summed E-state index contributed by atoms with van der Waals surface area (Å²) in [6.07, 6.45) is -0.149. The van der Waals surface area contributed by atoms with Crippen LogP contribution in [0.2, 0.25) is 0 Å². The highest BCUT2D eigenvalue weighted by molar-refractivity contribution is 5.74. The maximum atomic E-state index is 11.4. The highest BCUT2D eigenvalue weighted by Gasteiger charge is 2.20. The third-order valence-corrected chi connectivity index (χ3v) is 2.36. The van der Waals surface area contributed by atoms with Gasteiger partial charge in [-0.05, 0) is 6.92 Å². The van der Waals surface area contributed by atoms with Crippen LogP contribution in [0.4, 0.5) is 5.69 Å². The number of nitro benzene ring substituents is 1. The van der Waals surface area contributed by atoms with Crippen molar-refractivity contribution in [1.82, 2.24) is 0 Å². The molecular formula is C12H12N2O5. The molecule has 0 amide bonds. The van der Waals surface area contributed by atoms with Crippen molar-refractivity contribution in [2.24, 2.45) is 0 Å². The van der Waals surface area contributed by atoms with Crippen molar-refractivity contribution in [3.63, 3.8) is 0 Å². The van der Waals surface area contributed by atoms with Gasteiger partial charge in [0.2, 0.25) is 0 Å². The maximum Gasteiger partial charge on any atom is 0.310 e. The molecule has 0 aromatic heterocycles. The van der Waals surface area contributed by atoms with Crippen LogP contribution in [-0.2, 0) is 16.0 Å². The lowest BCUT2D eigenvalue weighted by atomic mass is 10.1. The lowest BCUT2D eigenvalue weighted by Crippen LogP contribution is -2.09. The molecule has 1 aromatic rings. The average Bonchev–Trinajstić information content (AvgIpc) is 2.38. The molecule has 0 aliphatic heterocycles. The Morgan fingerprint density at radius 1 is 1.53 bits per heavy atom. The standard InChI is InChI=1S/C12H12N2O5/c1-3-19-12(15)6-8-4-10(14(16)17)9(7-13)5-11(8)18-2/h4-5H,3,6H2,1-2H3. The fraction of sp³-hybridized carbons (Fsp3) is 0.333. The van der Waals surface area contributed by atoms with E-state index in [9.17, 15) is 14.9 Å². The number of nitro groups is 1. The van der Waals surface area contributed by atoms with Gasteiger partial charge >= 0.3 is 5.97 Å². The fourth-order valence-corrected chi connectivity index (χ4v) is 1.55. The van der Waals surface area contributed by atoms with Crippen LogP contribution in [0.5, 0.6) is 5.75 Å². The van der Waals surface area contributed by atoms with Gasteiger partial charge in [0.05, 0.1) is 25.1 Å². The first-order chi connectivity index (χ1) is 9.03. The Bertz CT molecular complexity index is 548. The fourth-order valence-electron chi connectivity index (χ4n) is 1.55. The van der Waals surface area contributed by atoms with Gasteiger partial charge in [0.25, 0.3) is 5.69 Å². The summed E-state index contributed by atoms with van der Waals surface area (Å²) in [7, 11) is 1.36. The monoisotopic (exact) mass is 264 g/mol. The third kappa shape index (κ3) is 3.42. The molecule has 19 heavy (non-hydrogen) atoms. The first-order valence-corrected chi connectivity index (χ1v) is 5.44.